The predicted molar refractivity (Wildman–Crippen MR) is 89.4 cm³/mol. The average molecular weight is 295 g/mol. The highest BCUT2D eigenvalue weighted by atomic mass is 32.2. The van der Waals surface area contributed by atoms with Crippen molar-refractivity contribution in [2.45, 2.75) is 51.6 Å². The van der Waals surface area contributed by atoms with Crippen molar-refractivity contribution in [3.63, 3.8) is 0 Å². The Hall–Kier alpha value is -0.510. The van der Waals surface area contributed by atoms with Gasteiger partial charge in [-0.3, -0.25) is 0 Å². The van der Waals surface area contributed by atoms with Crippen LogP contribution in [0.1, 0.15) is 39.7 Å². The van der Waals surface area contributed by atoms with E-state index in [9.17, 15) is 0 Å². The number of thioether (sulfide) groups is 1. The lowest BCUT2D eigenvalue weighted by molar-refractivity contribution is 0.138. The molecule has 0 atom stereocenters. The summed E-state index contributed by atoms with van der Waals surface area (Å²) in [6.45, 7) is 11.5. The summed E-state index contributed by atoms with van der Waals surface area (Å²) >= 11 is 1.87. The van der Waals surface area contributed by atoms with Gasteiger partial charge in [-0.05, 0) is 30.0 Å². The molecule has 114 valence electrons. The van der Waals surface area contributed by atoms with Crippen LogP contribution in [-0.2, 0) is 11.3 Å². The van der Waals surface area contributed by atoms with Crippen molar-refractivity contribution < 1.29 is 4.74 Å². The van der Waals surface area contributed by atoms with Crippen LogP contribution in [0.3, 0.4) is 0 Å². The van der Waals surface area contributed by atoms with Gasteiger partial charge in [0.25, 0.3) is 0 Å². The molecule has 0 fully saturated rings. The van der Waals surface area contributed by atoms with E-state index in [1.165, 1.54) is 10.5 Å². The van der Waals surface area contributed by atoms with Crippen LogP contribution in [0.25, 0.3) is 0 Å². The fraction of sp³-hybridized carbons (Fsp3) is 0.647. The maximum absolute atomic E-state index is 5.64. The number of hydrogen-bond acceptors (Lipinski definition) is 3. The second kappa shape index (κ2) is 10.3. The van der Waals surface area contributed by atoms with Crippen molar-refractivity contribution in [1.82, 2.24) is 5.32 Å². The van der Waals surface area contributed by atoms with E-state index >= 15 is 0 Å². The van der Waals surface area contributed by atoms with Crippen LogP contribution >= 0.6 is 11.8 Å². The van der Waals surface area contributed by atoms with E-state index < -0.39 is 0 Å². The Morgan fingerprint density at radius 3 is 2.65 bits per heavy atom. The molecule has 3 heteroatoms. The molecular weight excluding hydrogens is 266 g/mol. The molecule has 20 heavy (non-hydrogen) atoms. The molecule has 0 aliphatic rings. The predicted octanol–water partition coefficient (Wildman–Crippen LogP) is 4.34. The smallest absolute Gasteiger partial charge is 0.0560 e. The zero-order chi connectivity index (χ0) is 14.8. The lowest BCUT2D eigenvalue weighted by atomic mass is 10.1. The van der Waals surface area contributed by atoms with Gasteiger partial charge < -0.3 is 10.1 Å². The summed E-state index contributed by atoms with van der Waals surface area (Å²) in [5, 5.41) is 3.45. The van der Waals surface area contributed by atoms with Gasteiger partial charge in [0, 0.05) is 29.8 Å². The molecule has 1 rings (SSSR count). The molecule has 0 radical (unpaired) electrons. The highest BCUT2D eigenvalue weighted by molar-refractivity contribution is 7.99. The van der Waals surface area contributed by atoms with Gasteiger partial charge in [-0.1, -0.05) is 39.8 Å². The standard InChI is InChI=1S/C17H29NOS/c1-14(2)8-9-19-10-11-20-17-7-5-6-16(12-17)13-18-15(3)4/h5-7,12,14-15,18H,8-11,13H2,1-4H3. The van der Waals surface area contributed by atoms with Crippen LogP contribution in [0.5, 0.6) is 0 Å². The van der Waals surface area contributed by atoms with Crippen molar-refractivity contribution in [2.75, 3.05) is 19.0 Å². The van der Waals surface area contributed by atoms with Gasteiger partial charge in [0.05, 0.1) is 6.61 Å². The molecule has 0 aliphatic heterocycles. The van der Waals surface area contributed by atoms with Crippen LogP contribution in [0.4, 0.5) is 0 Å². The van der Waals surface area contributed by atoms with Gasteiger partial charge in [0.2, 0.25) is 0 Å². The van der Waals surface area contributed by atoms with Crippen LogP contribution in [-0.4, -0.2) is 25.0 Å². The quantitative estimate of drug-likeness (QED) is 0.512. The Kier molecular flexibility index (Phi) is 8.99. The van der Waals surface area contributed by atoms with Crippen LogP contribution in [0.15, 0.2) is 29.2 Å². The first-order valence-corrected chi connectivity index (χ1v) is 8.59. The zero-order valence-corrected chi connectivity index (χ0v) is 14.1. The van der Waals surface area contributed by atoms with Crippen molar-refractivity contribution in [3.8, 4) is 0 Å². The average Bonchev–Trinajstić information content (AvgIpc) is 2.40. The zero-order valence-electron chi connectivity index (χ0n) is 13.3. The minimum Gasteiger partial charge on any atom is -0.381 e. The van der Waals surface area contributed by atoms with Gasteiger partial charge >= 0.3 is 0 Å². The minimum atomic E-state index is 0.528. The molecule has 2 nitrogen and oxygen atoms in total. The summed E-state index contributed by atoms with van der Waals surface area (Å²) in [6.07, 6.45) is 1.15. The van der Waals surface area contributed by atoms with E-state index in [0.29, 0.717) is 6.04 Å². The van der Waals surface area contributed by atoms with Crippen LogP contribution < -0.4 is 5.32 Å². The Labute approximate surface area is 128 Å². The molecule has 0 heterocycles. The maximum Gasteiger partial charge on any atom is 0.0560 e. The summed E-state index contributed by atoms with van der Waals surface area (Å²) in [5.41, 5.74) is 1.35. The van der Waals surface area contributed by atoms with Gasteiger partial charge in [-0.2, -0.15) is 0 Å². The van der Waals surface area contributed by atoms with Gasteiger partial charge in [0.15, 0.2) is 0 Å². The first-order valence-electron chi connectivity index (χ1n) is 7.60. The van der Waals surface area contributed by atoms with Crippen molar-refractivity contribution in [1.29, 1.82) is 0 Å². The molecular formula is C17H29NOS. The number of benzene rings is 1. The van der Waals surface area contributed by atoms with E-state index in [2.05, 4.69) is 57.3 Å². The molecule has 0 saturated carbocycles. The monoisotopic (exact) mass is 295 g/mol. The van der Waals surface area contributed by atoms with E-state index in [-0.39, 0.29) is 0 Å². The second-order valence-electron chi connectivity index (χ2n) is 5.83. The van der Waals surface area contributed by atoms with E-state index in [0.717, 1.165) is 37.9 Å². The summed E-state index contributed by atoms with van der Waals surface area (Å²) in [6, 6.07) is 9.30. The fourth-order valence-electron chi connectivity index (χ4n) is 1.71. The number of nitrogens with one attached hydrogen (secondary N) is 1. The summed E-state index contributed by atoms with van der Waals surface area (Å²) in [5.74, 6) is 1.76. The first kappa shape index (κ1) is 17.5. The van der Waals surface area contributed by atoms with Crippen LogP contribution in [0, 0.1) is 5.92 Å². The molecule has 0 spiro atoms. The number of ether oxygens (including phenoxy) is 1. The molecule has 0 bridgehead atoms. The molecule has 0 saturated heterocycles. The number of hydrogen-bond donors (Lipinski definition) is 1. The molecule has 0 unspecified atom stereocenters. The van der Waals surface area contributed by atoms with Gasteiger partial charge in [0.1, 0.15) is 0 Å². The summed E-state index contributed by atoms with van der Waals surface area (Å²) < 4.78 is 5.64. The largest absolute Gasteiger partial charge is 0.381 e. The lowest BCUT2D eigenvalue weighted by Crippen LogP contribution is -2.21. The van der Waals surface area contributed by atoms with Gasteiger partial charge in [-0.15, -0.1) is 11.8 Å². The van der Waals surface area contributed by atoms with Crippen molar-refractivity contribution >= 4 is 11.8 Å². The van der Waals surface area contributed by atoms with Crippen LogP contribution in [0.2, 0.25) is 0 Å². The Bertz CT molecular complexity index is 366. The Balaban J connectivity index is 2.21. The van der Waals surface area contributed by atoms with Crippen molar-refractivity contribution in [2.24, 2.45) is 5.92 Å². The normalized spacial score (nSPS) is 11.5. The molecule has 1 aromatic rings. The molecule has 0 aliphatic carbocycles. The molecule has 1 N–H and O–H groups in total. The fourth-order valence-corrected chi connectivity index (χ4v) is 2.55. The highest BCUT2D eigenvalue weighted by Gasteiger charge is 1.99. The Morgan fingerprint density at radius 1 is 1.15 bits per heavy atom. The molecule has 0 aromatic heterocycles. The minimum absolute atomic E-state index is 0.528. The van der Waals surface area contributed by atoms with Crippen molar-refractivity contribution in [3.05, 3.63) is 29.8 Å². The molecule has 0 amide bonds. The summed E-state index contributed by atoms with van der Waals surface area (Å²) in [4.78, 5) is 1.33. The first-order chi connectivity index (χ1) is 9.58. The van der Waals surface area contributed by atoms with E-state index in [4.69, 9.17) is 4.74 Å². The third kappa shape index (κ3) is 8.62. The maximum atomic E-state index is 5.64. The lowest BCUT2D eigenvalue weighted by Gasteiger charge is -2.10. The molecule has 1 aromatic carbocycles. The third-order valence-electron chi connectivity index (χ3n) is 2.95. The number of rotatable bonds is 10. The SMILES string of the molecule is CC(C)CCOCCSc1cccc(CNC(C)C)c1. The Morgan fingerprint density at radius 2 is 1.95 bits per heavy atom. The second-order valence-corrected chi connectivity index (χ2v) is 6.99. The van der Waals surface area contributed by atoms with Gasteiger partial charge in [-0.25, -0.2) is 0 Å². The topological polar surface area (TPSA) is 21.3 Å². The highest BCUT2D eigenvalue weighted by Crippen LogP contribution is 2.19. The van der Waals surface area contributed by atoms with E-state index in [1.54, 1.807) is 0 Å². The third-order valence-corrected chi connectivity index (χ3v) is 3.91. The summed E-state index contributed by atoms with van der Waals surface area (Å²) in [7, 11) is 0. The van der Waals surface area contributed by atoms with E-state index in [1.807, 2.05) is 11.8 Å².